The summed E-state index contributed by atoms with van der Waals surface area (Å²) < 4.78 is 6.53. The molecule has 1 saturated carbocycles. The molecule has 5 nitrogen and oxygen atoms in total. The first-order valence-electron chi connectivity index (χ1n) is 15.3. The van der Waals surface area contributed by atoms with E-state index >= 15 is 9.59 Å². The zero-order chi connectivity index (χ0) is 32.8. The highest BCUT2D eigenvalue weighted by Gasteiger charge is 2.76. The van der Waals surface area contributed by atoms with E-state index in [0.717, 1.165) is 0 Å². The molecule has 3 aliphatic rings. The second-order valence-corrected chi connectivity index (χ2v) is 12.9. The topological polar surface area (TPSA) is 77.5 Å². The number of ketones is 3. The zero-order valence-electron chi connectivity index (χ0n) is 25.0. The lowest BCUT2D eigenvalue weighted by Gasteiger charge is -2.62. The fourth-order valence-electron chi connectivity index (χ4n) is 7.72. The van der Waals surface area contributed by atoms with E-state index in [4.69, 9.17) is 27.9 Å². The molecule has 5 atom stereocenters. The number of ether oxygens (including phenoxy) is 1. The highest BCUT2D eigenvalue weighted by atomic mass is 35.5. The Balaban J connectivity index is 1.61. The van der Waals surface area contributed by atoms with Crippen molar-refractivity contribution in [1.29, 1.82) is 0 Å². The Labute approximate surface area is 282 Å². The van der Waals surface area contributed by atoms with Crippen molar-refractivity contribution in [2.75, 3.05) is 0 Å². The molecule has 2 bridgehead atoms. The standard InChI is InChI=1S/C40H28Cl2O5/c41-29-21-22-30(32(42)23-29)40-31(35(43)25-13-5-1-6-14-25)24-39(47-38(40)46,28-19-11-4-12-20-28)33(36(44)26-15-7-2-8-16-26)34(40)37(45)27-17-9-3-10-18-27/h1-23,31,33-34H,24H2/t31?,33-,34+,39+,40+/m1/s1. The maximum absolute atomic E-state index is 15.2. The van der Waals surface area contributed by atoms with Gasteiger partial charge in [-0.2, -0.15) is 0 Å². The highest BCUT2D eigenvalue weighted by Crippen LogP contribution is 2.66. The van der Waals surface area contributed by atoms with E-state index in [1.165, 1.54) is 6.07 Å². The number of hydrogen-bond acceptors (Lipinski definition) is 5. The number of carbonyl (C=O) groups excluding carboxylic acids is 4. The fraction of sp³-hybridized carbons (Fsp3) is 0.150. The molecule has 8 rings (SSSR count). The molecule has 47 heavy (non-hydrogen) atoms. The van der Waals surface area contributed by atoms with Gasteiger partial charge in [-0.15, -0.1) is 0 Å². The molecule has 0 N–H and O–H groups in total. The molecule has 2 heterocycles. The molecule has 2 aliphatic heterocycles. The van der Waals surface area contributed by atoms with Gasteiger partial charge >= 0.3 is 5.97 Å². The van der Waals surface area contributed by atoms with Gasteiger partial charge < -0.3 is 4.74 Å². The van der Waals surface area contributed by atoms with Crippen molar-refractivity contribution in [2.45, 2.75) is 17.4 Å². The van der Waals surface area contributed by atoms with Gasteiger partial charge in [-0.05, 0) is 23.3 Å². The maximum atomic E-state index is 15.2. The molecule has 1 aliphatic carbocycles. The minimum Gasteiger partial charge on any atom is -0.453 e. The van der Waals surface area contributed by atoms with Gasteiger partial charge in [0.1, 0.15) is 11.0 Å². The first-order valence-corrected chi connectivity index (χ1v) is 16.1. The molecule has 5 aromatic rings. The molecule has 2 saturated heterocycles. The fourth-order valence-corrected chi connectivity index (χ4v) is 8.28. The van der Waals surface area contributed by atoms with Crippen LogP contribution in [0.2, 0.25) is 10.0 Å². The molecular weight excluding hydrogens is 631 g/mol. The lowest BCUT2D eigenvalue weighted by Crippen LogP contribution is -2.73. The molecular formula is C40H28Cl2O5. The number of Topliss-reactive ketones (excluding diaryl/α,β-unsaturated/α-hetero) is 3. The second kappa shape index (κ2) is 12.1. The maximum Gasteiger partial charge on any atom is 0.319 e. The van der Waals surface area contributed by atoms with Crippen LogP contribution in [0.3, 0.4) is 0 Å². The summed E-state index contributed by atoms with van der Waals surface area (Å²) >= 11 is 13.3. The Hall–Kier alpha value is -4.84. The van der Waals surface area contributed by atoms with Gasteiger partial charge in [0, 0.05) is 39.1 Å². The van der Waals surface area contributed by atoms with E-state index in [1.54, 1.807) is 127 Å². The predicted molar refractivity (Wildman–Crippen MR) is 180 cm³/mol. The number of hydrogen-bond donors (Lipinski definition) is 0. The van der Waals surface area contributed by atoms with Crippen molar-refractivity contribution in [3.8, 4) is 0 Å². The van der Waals surface area contributed by atoms with Crippen LogP contribution < -0.4 is 0 Å². The van der Waals surface area contributed by atoms with Crippen LogP contribution in [0.5, 0.6) is 0 Å². The number of halogens is 2. The van der Waals surface area contributed by atoms with E-state index < -0.39 is 40.5 Å². The van der Waals surface area contributed by atoms with Crippen LogP contribution >= 0.6 is 23.2 Å². The third-order valence-electron chi connectivity index (χ3n) is 9.69. The van der Waals surface area contributed by atoms with Gasteiger partial charge in [0.15, 0.2) is 17.3 Å². The second-order valence-electron chi connectivity index (χ2n) is 12.0. The van der Waals surface area contributed by atoms with E-state index in [0.29, 0.717) is 27.3 Å². The van der Waals surface area contributed by atoms with E-state index in [2.05, 4.69) is 0 Å². The average Bonchev–Trinajstić information content (AvgIpc) is 3.12. The van der Waals surface area contributed by atoms with E-state index in [9.17, 15) is 9.59 Å². The number of carbonyl (C=O) groups is 4. The van der Waals surface area contributed by atoms with Crippen LogP contribution in [0.1, 0.15) is 48.6 Å². The SMILES string of the molecule is O=C(c1ccccc1)C1C[C@@]2(c3ccccc3)OC(=O)[C@]1(c1ccc(Cl)cc1Cl)[C@H](C(=O)c1ccccc1)[C@@H]2C(=O)c1ccccc1. The van der Waals surface area contributed by atoms with Crippen molar-refractivity contribution in [1.82, 2.24) is 0 Å². The van der Waals surface area contributed by atoms with Crippen LogP contribution in [0, 0.1) is 17.8 Å². The summed E-state index contributed by atoms with van der Waals surface area (Å²) in [6.07, 6.45) is -0.0583. The Morgan fingerprint density at radius 2 is 1.06 bits per heavy atom. The van der Waals surface area contributed by atoms with Crippen molar-refractivity contribution >= 4 is 46.5 Å². The third-order valence-corrected chi connectivity index (χ3v) is 10.2. The Morgan fingerprint density at radius 1 is 0.596 bits per heavy atom. The number of esters is 1. The normalized spacial score (nSPS) is 24.7. The molecule has 7 heteroatoms. The lowest BCUT2D eigenvalue weighted by atomic mass is 9.43. The Bertz CT molecular complexity index is 2000. The molecule has 0 amide bonds. The van der Waals surface area contributed by atoms with Crippen molar-refractivity contribution in [3.05, 3.63) is 177 Å². The van der Waals surface area contributed by atoms with Crippen molar-refractivity contribution in [2.24, 2.45) is 17.8 Å². The molecule has 0 radical (unpaired) electrons. The molecule has 232 valence electrons. The average molecular weight is 660 g/mol. The third kappa shape index (κ3) is 4.84. The van der Waals surface area contributed by atoms with E-state index in [1.807, 2.05) is 6.07 Å². The quantitative estimate of drug-likeness (QED) is 0.123. The Kier molecular flexibility index (Phi) is 7.91. The predicted octanol–water partition coefficient (Wildman–Crippen LogP) is 8.58. The van der Waals surface area contributed by atoms with Crippen LogP contribution in [0.15, 0.2) is 140 Å². The number of benzene rings is 5. The van der Waals surface area contributed by atoms with E-state index in [-0.39, 0.29) is 28.6 Å². The summed E-state index contributed by atoms with van der Waals surface area (Å²) in [7, 11) is 0. The highest BCUT2D eigenvalue weighted by molar-refractivity contribution is 6.35. The summed E-state index contributed by atoms with van der Waals surface area (Å²) in [6, 6.07) is 39.4. The summed E-state index contributed by atoms with van der Waals surface area (Å²) in [4.78, 5) is 60.1. The van der Waals surface area contributed by atoms with Gasteiger partial charge in [-0.25, -0.2) is 0 Å². The summed E-state index contributed by atoms with van der Waals surface area (Å²) in [5.41, 5.74) is -1.89. The molecule has 5 aromatic carbocycles. The van der Waals surface area contributed by atoms with Gasteiger partial charge in [-0.3, -0.25) is 19.2 Å². The number of fused-ring (bicyclic) bond motifs is 3. The molecule has 0 aromatic heterocycles. The van der Waals surface area contributed by atoms with Crippen molar-refractivity contribution in [3.63, 3.8) is 0 Å². The summed E-state index contributed by atoms with van der Waals surface area (Å²) in [5, 5.41) is 0.397. The Morgan fingerprint density at radius 3 is 1.57 bits per heavy atom. The summed E-state index contributed by atoms with van der Waals surface area (Å²) in [5.74, 6) is -5.73. The molecule has 0 spiro atoms. The molecule has 1 unspecified atom stereocenters. The van der Waals surface area contributed by atoms with Gasteiger partial charge in [0.25, 0.3) is 0 Å². The largest absolute Gasteiger partial charge is 0.453 e. The first-order chi connectivity index (χ1) is 22.8. The van der Waals surface area contributed by atoms with Gasteiger partial charge in [0.2, 0.25) is 0 Å². The lowest BCUT2D eigenvalue weighted by molar-refractivity contribution is -0.220. The van der Waals surface area contributed by atoms with Crippen LogP contribution in [-0.4, -0.2) is 23.3 Å². The minimum atomic E-state index is -1.98. The monoisotopic (exact) mass is 658 g/mol. The van der Waals surface area contributed by atoms with Crippen LogP contribution in [0.4, 0.5) is 0 Å². The van der Waals surface area contributed by atoms with Crippen LogP contribution in [-0.2, 0) is 20.5 Å². The minimum absolute atomic E-state index is 0.0583. The molecule has 3 fully saturated rings. The first kappa shape index (κ1) is 30.8. The van der Waals surface area contributed by atoms with Gasteiger partial charge in [-0.1, -0.05) is 151 Å². The summed E-state index contributed by atoms with van der Waals surface area (Å²) in [6.45, 7) is 0. The smallest absolute Gasteiger partial charge is 0.319 e. The van der Waals surface area contributed by atoms with Crippen molar-refractivity contribution < 1.29 is 23.9 Å². The number of rotatable bonds is 8. The zero-order valence-corrected chi connectivity index (χ0v) is 26.5. The van der Waals surface area contributed by atoms with Crippen LogP contribution in [0.25, 0.3) is 0 Å². The van der Waals surface area contributed by atoms with Gasteiger partial charge in [0.05, 0.1) is 11.8 Å².